The van der Waals surface area contributed by atoms with E-state index in [9.17, 15) is 20.2 Å². The van der Waals surface area contributed by atoms with Gasteiger partial charge in [0.1, 0.15) is 15.7 Å². The van der Waals surface area contributed by atoms with Crippen LogP contribution in [0.25, 0.3) is 0 Å². The normalized spacial score (nSPS) is 19.6. The summed E-state index contributed by atoms with van der Waals surface area (Å²) >= 11 is 12.2. The van der Waals surface area contributed by atoms with E-state index < -0.39 is 15.5 Å². The van der Waals surface area contributed by atoms with Crippen LogP contribution in [-0.2, 0) is 5.67 Å². The van der Waals surface area contributed by atoms with Crippen molar-refractivity contribution in [3.63, 3.8) is 0 Å². The molecule has 2 heterocycles. The summed E-state index contributed by atoms with van der Waals surface area (Å²) in [6.45, 7) is 1.14. The fourth-order valence-electron chi connectivity index (χ4n) is 6.56. The summed E-state index contributed by atoms with van der Waals surface area (Å²) in [5, 5.41) is 23.5. The molecule has 0 aromatic heterocycles. The molecule has 2 saturated heterocycles. The maximum absolute atomic E-state index is 15.7. The van der Waals surface area contributed by atoms with Crippen LogP contribution in [0.15, 0.2) is 91.0 Å². The van der Waals surface area contributed by atoms with Gasteiger partial charge in [-0.2, -0.15) is 0 Å². The number of anilines is 2. The highest BCUT2D eigenvalue weighted by Crippen LogP contribution is 2.49. The van der Waals surface area contributed by atoms with E-state index in [0.29, 0.717) is 44.3 Å². The number of nitro benzene ring substituents is 2. The lowest BCUT2D eigenvalue weighted by atomic mass is 9.86. The van der Waals surface area contributed by atoms with Crippen molar-refractivity contribution in [1.29, 1.82) is 0 Å². The van der Waals surface area contributed by atoms with Crippen molar-refractivity contribution in [3.8, 4) is 0 Å². The fourth-order valence-corrected chi connectivity index (χ4v) is 6.93. The molecule has 6 rings (SSSR count). The van der Waals surface area contributed by atoms with Crippen LogP contribution >= 0.6 is 23.2 Å². The summed E-state index contributed by atoms with van der Waals surface area (Å²) in [4.78, 5) is 26.7. The molecule has 0 saturated carbocycles. The molecule has 0 bridgehead atoms. The summed E-state index contributed by atoms with van der Waals surface area (Å²) in [6, 6.07) is 26.5. The molecule has 0 amide bonds. The molecule has 2 aliphatic heterocycles. The number of alkyl halides is 1. The van der Waals surface area contributed by atoms with Gasteiger partial charge in [0.2, 0.25) is 0 Å². The molecule has 2 aliphatic rings. The minimum absolute atomic E-state index is 0.0589. The Morgan fingerprint density at radius 3 is 1.66 bits per heavy atom. The van der Waals surface area contributed by atoms with Gasteiger partial charge in [0.05, 0.1) is 21.9 Å². The monoisotopic (exact) mass is 634 g/mol. The molecule has 0 radical (unpaired) electrons. The number of hydrogen-bond donors (Lipinski definition) is 0. The van der Waals surface area contributed by atoms with E-state index in [-0.39, 0.29) is 33.5 Å². The highest BCUT2D eigenvalue weighted by molar-refractivity contribution is 6.33. The van der Waals surface area contributed by atoms with Crippen molar-refractivity contribution in [3.05, 3.63) is 138 Å². The van der Waals surface area contributed by atoms with Crippen LogP contribution in [0.2, 0.25) is 10.0 Å². The molecular formula is C33H29Cl2FN4O4. The molecule has 4 aromatic carbocycles. The molecular weight excluding hydrogens is 606 g/mol. The fraction of sp³-hybridized carbons (Fsp3) is 0.273. The third kappa shape index (κ3) is 5.69. The van der Waals surface area contributed by atoms with Crippen LogP contribution in [0, 0.1) is 20.2 Å². The van der Waals surface area contributed by atoms with Gasteiger partial charge in [0.25, 0.3) is 11.4 Å². The highest BCUT2D eigenvalue weighted by atomic mass is 35.5. The van der Waals surface area contributed by atoms with E-state index in [4.69, 9.17) is 23.2 Å². The van der Waals surface area contributed by atoms with Gasteiger partial charge in [-0.25, -0.2) is 4.39 Å². The topological polar surface area (TPSA) is 92.8 Å². The second-order valence-corrected chi connectivity index (χ2v) is 12.1. The van der Waals surface area contributed by atoms with Gasteiger partial charge in [-0.05, 0) is 65.9 Å². The van der Waals surface area contributed by atoms with Crippen molar-refractivity contribution < 1.29 is 14.2 Å². The van der Waals surface area contributed by atoms with Crippen LogP contribution in [0.1, 0.15) is 54.5 Å². The average molecular weight is 636 g/mol. The van der Waals surface area contributed by atoms with Gasteiger partial charge < -0.3 is 9.80 Å². The summed E-state index contributed by atoms with van der Waals surface area (Å²) in [5.74, 6) is 0. The van der Waals surface area contributed by atoms with Crippen molar-refractivity contribution >= 4 is 46.0 Å². The largest absolute Gasteiger partial charge is 0.371 e. The Hall–Kier alpha value is -4.21. The number of halogens is 3. The molecule has 4 aromatic rings. The van der Waals surface area contributed by atoms with E-state index in [1.165, 1.54) is 24.3 Å². The molecule has 2 atom stereocenters. The molecule has 0 N–H and O–H groups in total. The first-order chi connectivity index (χ1) is 21.1. The number of rotatable bonds is 7. The van der Waals surface area contributed by atoms with E-state index in [2.05, 4.69) is 9.80 Å². The van der Waals surface area contributed by atoms with E-state index in [1.807, 2.05) is 54.6 Å². The molecule has 0 spiro atoms. The number of benzene rings is 4. The zero-order chi connectivity index (χ0) is 31.0. The predicted octanol–water partition coefficient (Wildman–Crippen LogP) is 9.36. The average Bonchev–Trinajstić information content (AvgIpc) is 3.47. The van der Waals surface area contributed by atoms with Crippen LogP contribution < -0.4 is 9.80 Å². The molecule has 226 valence electrons. The first-order valence-corrected chi connectivity index (χ1v) is 15.2. The van der Waals surface area contributed by atoms with Crippen molar-refractivity contribution in [2.24, 2.45) is 0 Å². The number of piperidine rings is 1. The quantitative estimate of drug-likeness (QED) is 0.148. The van der Waals surface area contributed by atoms with E-state index >= 15 is 4.39 Å². The van der Waals surface area contributed by atoms with Crippen LogP contribution in [0.4, 0.5) is 27.1 Å². The molecule has 2 unspecified atom stereocenters. The highest BCUT2D eigenvalue weighted by Gasteiger charge is 2.38. The van der Waals surface area contributed by atoms with Crippen molar-refractivity contribution in [2.45, 2.75) is 43.4 Å². The lowest BCUT2D eigenvalue weighted by Gasteiger charge is -2.38. The standard InChI is InChI=1S/C33H29Cl2FN4O4/c34-27-12-6-22(20-31(27)39(41)42)29-14-15-30(23-7-13-28(35)32(21-23)40(43)44)38(29)26-10-8-25(9-11-26)37-18-16-33(36,17-19-37)24-4-2-1-3-5-24/h1-13,20-21,29-30H,14-19H2. The van der Waals surface area contributed by atoms with Crippen LogP contribution in [0.3, 0.4) is 0 Å². The van der Waals surface area contributed by atoms with E-state index in [0.717, 1.165) is 22.5 Å². The Labute approximate surface area is 263 Å². The first-order valence-electron chi connectivity index (χ1n) is 14.4. The Kier molecular flexibility index (Phi) is 8.18. The van der Waals surface area contributed by atoms with Gasteiger partial charge in [-0.1, -0.05) is 65.7 Å². The van der Waals surface area contributed by atoms with Crippen LogP contribution in [-0.4, -0.2) is 22.9 Å². The van der Waals surface area contributed by atoms with Gasteiger partial charge in [-0.15, -0.1) is 0 Å². The maximum atomic E-state index is 15.7. The predicted molar refractivity (Wildman–Crippen MR) is 171 cm³/mol. The van der Waals surface area contributed by atoms with Crippen LogP contribution in [0.5, 0.6) is 0 Å². The summed E-state index contributed by atoms with van der Waals surface area (Å²) < 4.78 is 15.7. The third-order valence-electron chi connectivity index (χ3n) is 8.85. The maximum Gasteiger partial charge on any atom is 0.288 e. The Morgan fingerprint density at radius 2 is 1.18 bits per heavy atom. The molecule has 11 heteroatoms. The van der Waals surface area contributed by atoms with Gasteiger partial charge >= 0.3 is 0 Å². The van der Waals surface area contributed by atoms with Gasteiger partial charge in [-0.3, -0.25) is 20.2 Å². The molecule has 44 heavy (non-hydrogen) atoms. The first kappa shape index (κ1) is 29.8. The Balaban J connectivity index is 1.31. The molecule has 0 aliphatic carbocycles. The second kappa shape index (κ2) is 12.1. The minimum Gasteiger partial charge on any atom is -0.371 e. The Bertz CT molecular complexity index is 1630. The van der Waals surface area contributed by atoms with Crippen molar-refractivity contribution in [1.82, 2.24) is 0 Å². The van der Waals surface area contributed by atoms with Gasteiger partial charge in [0.15, 0.2) is 0 Å². The lowest BCUT2D eigenvalue weighted by Crippen LogP contribution is -2.40. The smallest absolute Gasteiger partial charge is 0.288 e. The zero-order valence-corrected chi connectivity index (χ0v) is 25.1. The summed E-state index contributed by atoms with van der Waals surface area (Å²) in [5.41, 5.74) is 2.31. The number of nitro groups is 2. The minimum atomic E-state index is -1.35. The molecule has 8 nitrogen and oxygen atoms in total. The SMILES string of the molecule is O=[N+]([O-])c1cc(C2CCC(c3ccc(Cl)c([N+](=O)[O-])c3)N2c2ccc(N3CCC(F)(c4ccccc4)CC3)cc2)ccc1Cl. The number of nitrogens with zero attached hydrogens (tertiary/aromatic N) is 4. The second-order valence-electron chi connectivity index (χ2n) is 11.3. The summed E-state index contributed by atoms with van der Waals surface area (Å²) in [6.07, 6.45) is 2.09. The summed E-state index contributed by atoms with van der Waals surface area (Å²) in [7, 11) is 0. The third-order valence-corrected chi connectivity index (χ3v) is 9.49. The lowest BCUT2D eigenvalue weighted by molar-refractivity contribution is -0.384. The van der Waals surface area contributed by atoms with Crippen molar-refractivity contribution in [2.75, 3.05) is 22.9 Å². The van der Waals surface area contributed by atoms with Gasteiger partial charge in [0, 0.05) is 49.4 Å². The molecule has 2 fully saturated rings. The zero-order valence-electron chi connectivity index (χ0n) is 23.6. The Morgan fingerprint density at radius 1 is 0.705 bits per heavy atom. The number of hydrogen-bond acceptors (Lipinski definition) is 6. The van der Waals surface area contributed by atoms with E-state index in [1.54, 1.807) is 12.1 Å².